The van der Waals surface area contributed by atoms with Gasteiger partial charge in [-0.15, -0.1) is 11.3 Å². The van der Waals surface area contributed by atoms with Gasteiger partial charge in [-0.1, -0.05) is 12.1 Å². The van der Waals surface area contributed by atoms with Crippen LogP contribution >= 0.6 is 11.3 Å². The predicted octanol–water partition coefficient (Wildman–Crippen LogP) is 3.70. The molecule has 1 aliphatic rings. The molecule has 3 rings (SSSR count). The van der Waals surface area contributed by atoms with Crippen LogP contribution in [0.3, 0.4) is 0 Å². The van der Waals surface area contributed by atoms with Crippen molar-refractivity contribution in [2.45, 2.75) is 12.8 Å². The maximum atomic E-state index is 11.3. The van der Waals surface area contributed by atoms with Crippen LogP contribution in [0.15, 0.2) is 41.3 Å². The van der Waals surface area contributed by atoms with Gasteiger partial charge in [0.15, 0.2) is 0 Å². The molecule has 96 valence electrons. The lowest BCUT2D eigenvalue weighted by molar-refractivity contribution is -0.105. The van der Waals surface area contributed by atoms with Crippen LogP contribution in [-0.2, 0) is 11.2 Å². The van der Waals surface area contributed by atoms with Crippen LogP contribution in [0.5, 0.6) is 5.75 Å². The van der Waals surface area contributed by atoms with E-state index in [-0.39, 0.29) is 0 Å². The smallest absolute Gasteiger partial charge is 0.146 e. The quantitative estimate of drug-likeness (QED) is 0.795. The summed E-state index contributed by atoms with van der Waals surface area (Å²) in [5.41, 5.74) is 4.42. The number of carbonyl (C=O) groups is 1. The first kappa shape index (κ1) is 12.2. The molecule has 0 aliphatic heterocycles. The summed E-state index contributed by atoms with van der Waals surface area (Å²) in [6.45, 7) is 0. The molecule has 0 unspecified atom stereocenters. The number of benzene rings is 1. The topological polar surface area (TPSA) is 26.3 Å². The highest BCUT2D eigenvalue weighted by Crippen LogP contribution is 2.38. The van der Waals surface area contributed by atoms with E-state index in [2.05, 4.69) is 18.2 Å². The molecule has 0 N–H and O–H groups in total. The Morgan fingerprint density at radius 1 is 1.26 bits per heavy atom. The summed E-state index contributed by atoms with van der Waals surface area (Å²) in [5, 5.41) is 2.04. The first-order chi connectivity index (χ1) is 9.33. The van der Waals surface area contributed by atoms with Gasteiger partial charge in [0.1, 0.15) is 12.0 Å². The van der Waals surface area contributed by atoms with Crippen LogP contribution in [0.25, 0.3) is 5.57 Å². The van der Waals surface area contributed by atoms with E-state index in [4.69, 9.17) is 4.74 Å². The predicted molar refractivity (Wildman–Crippen MR) is 77.7 cm³/mol. The average molecular weight is 270 g/mol. The van der Waals surface area contributed by atoms with Crippen molar-refractivity contribution in [2.75, 3.05) is 7.11 Å². The molecule has 1 aromatic carbocycles. The van der Waals surface area contributed by atoms with Crippen LogP contribution in [0.2, 0.25) is 0 Å². The second-order valence-electron chi connectivity index (χ2n) is 4.52. The van der Waals surface area contributed by atoms with Gasteiger partial charge in [0.25, 0.3) is 0 Å². The molecular weight excluding hydrogens is 256 g/mol. The molecule has 0 bridgehead atoms. The molecule has 0 radical (unpaired) electrons. The lowest BCUT2D eigenvalue weighted by Gasteiger charge is -2.21. The van der Waals surface area contributed by atoms with Gasteiger partial charge in [0.05, 0.1) is 7.11 Å². The molecule has 1 aromatic heterocycles. The largest absolute Gasteiger partial charge is 0.497 e. The molecular formula is C16H14O2S. The minimum absolute atomic E-state index is 0.802. The number of allylic oxidation sites excluding steroid dienone is 1. The first-order valence-corrected chi connectivity index (χ1v) is 7.11. The number of aldehydes is 1. The van der Waals surface area contributed by atoms with Crippen molar-refractivity contribution in [3.05, 3.63) is 57.3 Å². The number of ether oxygens (including phenoxy) is 1. The van der Waals surface area contributed by atoms with E-state index in [9.17, 15) is 4.79 Å². The Bertz CT molecular complexity index is 639. The Morgan fingerprint density at radius 3 is 2.84 bits per heavy atom. The number of aryl methyl sites for hydroxylation is 1. The van der Waals surface area contributed by atoms with Gasteiger partial charge >= 0.3 is 0 Å². The maximum Gasteiger partial charge on any atom is 0.146 e. The molecule has 0 saturated heterocycles. The number of carbonyl (C=O) groups excluding carboxylic acids is 1. The van der Waals surface area contributed by atoms with E-state index in [0.29, 0.717) is 0 Å². The van der Waals surface area contributed by atoms with E-state index >= 15 is 0 Å². The maximum absolute atomic E-state index is 11.3. The molecule has 2 aromatic rings. The Morgan fingerprint density at radius 2 is 2.16 bits per heavy atom. The Labute approximate surface area is 116 Å². The summed E-state index contributed by atoms with van der Waals surface area (Å²) >= 11 is 1.67. The van der Waals surface area contributed by atoms with E-state index < -0.39 is 0 Å². The second kappa shape index (κ2) is 5.02. The Balaban J connectivity index is 2.19. The third-order valence-electron chi connectivity index (χ3n) is 3.48. The molecule has 0 amide bonds. The van der Waals surface area contributed by atoms with E-state index in [1.54, 1.807) is 18.4 Å². The van der Waals surface area contributed by atoms with Crippen LogP contribution in [0.4, 0.5) is 0 Å². The fourth-order valence-corrected chi connectivity index (χ4v) is 3.36. The number of rotatable bonds is 3. The number of hydrogen-bond donors (Lipinski definition) is 0. The van der Waals surface area contributed by atoms with Gasteiger partial charge < -0.3 is 4.74 Å². The minimum Gasteiger partial charge on any atom is -0.497 e. The second-order valence-corrected chi connectivity index (χ2v) is 5.47. The fraction of sp³-hybridized carbons (Fsp3) is 0.188. The van der Waals surface area contributed by atoms with Gasteiger partial charge in [-0.2, -0.15) is 0 Å². The SMILES string of the molecule is COc1ccc2c(c1)CCC(C=O)=C2c1cccs1. The lowest BCUT2D eigenvalue weighted by atomic mass is 9.85. The zero-order valence-electron chi connectivity index (χ0n) is 10.7. The van der Waals surface area contributed by atoms with E-state index in [1.165, 1.54) is 5.56 Å². The summed E-state index contributed by atoms with van der Waals surface area (Å²) in [6.07, 6.45) is 2.70. The molecule has 0 spiro atoms. The Hall–Kier alpha value is -1.87. The summed E-state index contributed by atoms with van der Waals surface area (Å²) in [5.74, 6) is 0.874. The molecule has 1 aliphatic carbocycles. The van der Waals surface area contributed by atoms with Crippen molar-refractivity contribution < 1.29 is 9.53 Å². The van der Waals surface area contributed by atoms with Crippen LogP contribution in [0, 0.1) is 0 Å². The standard InChI is InChI=1S/C16H14O2S/c1-18-13-6-7-14-11(9-13)4-5-12(10-17)16(14)15-3-2-8-19-15/h2-3,6-10H,4-5H2,1H3. The van der Waals surface area contributed by atoms with Gasteiger partial charge in [-0.25, -0.2) is 0 Å². The monoisotopic (exact) mass is 270 g/mol. The minimum atomic E-state index is 0.802. The number of hydrogen-bond acceptors (Lipinski definition) is 3. The molecule has 1 heterocycles. The number of thiophene rings is 1. The molecule has 0 fully saturated rings. The summed E-state index contributed by atoms with van der Waals surface area (Å²) in [7, 11) is 1.68. The van der Waals surface area contributed by atoms with Crippen molar-refractivity contribution in [1.82, 2.24) is 0 Å². The van der Waals surface area contributed by atoms with Crippen molar-refractivity contribution in [3.8, 4) is 5.75 Å². The van der Waals surface area contributed by atoms with Gasteiger partial charge in [-0.3, -0.25) is 4.79 Å². The third-order valence-corrected chi connectivity index (χ3v) is 4.36. The van der Waals surface area contributed by atoms with Gasteiger partial charge in [-0.05, 0) is 47.5 Å². The normalized spacial score (nSPS) is 14.2. The zero-order chi connectivity index (χ0) is 13.2. The number of methoxy groups -OCH3 is 1. The zero-order valence-corrected chi connectivity index (χ0v) is 11.5. The van der Waals surface area contributed by atoms with Crippen molar-refractivity contribution in [1.29, 1.82) is 0 Å². The van der Waals surface area contributed by atoms with Crippen LogP contribution in [-0.4, -0.2) is 13.4 Å². The number of fused-ring (bicyclic) bond motifs is 1. The first-order valence-electron chi connectivity index (χ1n) is 6.23. The highest BCUT2D eigenvalue weighted by molar-refractivity contribution is 7.11. The summed E-state index contributed by atoms with van der Waals surface area (Å²) in [4.78, 5) is 12.5. The van der Waals surface area contributed by atoms with Crippen LogP contribution in [0.1, 0.15) is 22.4 Å². The van der Waals surface area contributed by atoms with E-state index in [1.807, 2.05) is 17.5 Å². The highest BCUT2D eigenvalue weighted by atomic mass is 32.1. The summed E-state index contributed by atoms with van der Waals surface area (Å²) in [6, 6.07) is 10.2. The average Bonchev–Trinajstić information content (AvgIpc) is 2.99. The molecule has 3 heteroatoms. The summed E-state index contributed by atoms with van der Waals surface area (Å²) < 4.78 is 5.28. The Kier molecular flexibility index (Phi) is 3.22. The van der Waals surface area contributed by atoms with Gasteiger partial charge in [0, 0.05) is 16.0 Å². The van der Waals surface area contributed by atoms with Crippen LogP contribution < -0.4 is 4.74 Å². The molecule has 19 heavy (non-hydrogen) atoms. The lowest BCUT2D eigenvalue weighted by Crippen LogP contribution is -2.06. The van der Waals surface area contributed by atoms with E-state index in [0.717, 1.165) is 46.5 Å². The van der Waals surface area contributed by atoms with Crippen molar-refractivity contribution >= 4 is 23.2 Å². The highest BCUT2D eigenvalue weighted by Gasteiger charge is 2.21. The fourth-order valence-electron chi connectivity index (χ4n) is 2.54. The molecule has 0 atom stereocenters. The van der Waals surface area contributed by atoms with Crippen molar-refractivity contribution in [2.24, 2.45) is 0 Å². The van der Waals surface area contributed by atoms with Gasteiger partial charge in [0.2, 0.25) is 0 Å². The molecule has 0 saturated carbocycles. The third kappa shape index (κ3) is 2.10. The molecule has 2 nitrogen and oxygen atoms in total. The van der Waals surface area contributed by atoms with Crippen molar-refractivity contribution in [3.63, 3.8) is 0 Å².